The first kappa shape index (κ1) is 16.8. The molecule has 1 N–H and O–H groups in total. The van der Waals surface area contributed by atoms with Gasteiger partial charge in [-0.05, 0) is 63.5 Å². The number of anilines is 2. The number of likely N-dealkylation sites (N-methyl/N-ethyl adjacent to an activating group) is 1. The fraction of sp³-hybridized carbons (Fsp3) is 0.611. The van der Waals surface area contributed by atoms with Crippen molar-refractivity contribution in [3.8, 4) is 0 Å². The number of hydrogen-bond acceptors (Lipinski definition) is 3. The van der Waals surface area contributed by atoms with Gasteiger partial charge in [0.1, 0.15) is 0 Å². The highest BCUT2D eigenvalue weighted by atomic mass is 16.2. The summed E-state index contributed by atoms with van der Waals surface area (Å²) in [6.45, 7) is 6.43. The van der Waals surface area contributed by atoms with Crippen molar-refractivity contribution in [2.75, 3.05) is 37.4 Å². The second kappa shape index (κ2) is 7.63. The van der Waals surface area contributed by atoms with E-state index >= 15 is 0 Å². The molecule has 1 atom stereocenters. The molecule has 0 unspecified atom stereocenters. The minimum absolute atomic E-state index is 0.0609. The van der Waals surface area contributed by atoms with Crippen molar-refractivity contribution in [2.24, 2.45) is 5.92 Å². The zero-order valence-electron chi connectivity index (χ0n) is 14.3. The number of carbonyl (C=O) groups excluding carboxylic acids is 1. The number of benzene rings is 1. The van der Waals surface area contributed by atoms with E-state index in [-0.39, 0.29) is 17.9 Å². The fourth-order valence-corrected chi connectivity index (χ4v) is 3.26. The van der Waals surface area contributed by atoms with Gasteiger partial charge < -0.3 is 10.2 Å². The second-order valence-electron chi connectivity index (χ2n) is 6.74. The van der Waals surface area contributed by atoms with E-state index in [1.165, 1.54) is 24.9 Å². The molecule has 1 aliphatic heterocycles. The maximum absolute atomic E-state index is 12.4. The van der Waals surface area contributed by atoms with Gasteiger partial charge in [0, 0.05) is 24.5 Å². The zero-order chi connectivity index (χ0) is 16.1. The van der Waals surface area contributed by atoms with E-state index in [4.69, 9.17) is 0 Å². The molecule has 0 bridgehead atoms. The molecule has 1 fully saturated rings. The molecule has 1 amide bonds. The first-order valence-electron chi connectivity index (χ1n) is 8.31. The number of piperidine rings is 1. The molecular formula is C18H29N3O. The molecule has 1 heterocycles. The van der Waals surface area contributed by atoms with Gasteiger partial charge in [-0.1, -0.05) is 13.8 Å². The molecule has 0 radical (unpaired) electrons. The van der Waals surface area contributed by atoms with Crippen LogP contribution in [0.4, 0.5) is 11.4 Å². The van der Waals surface area contributed by atoms with Crippen molar-refractivity contribution in [3.05, 3.63) is 24.3 Å². The fourth-order valence-electron chi connectivity index (χ4n) is 3.26. The predicted octanol–water partition coefficient (Wildman–Crippen LogP) is 3.20. The second-order valence-corrected chi connectivity index (χ2v) is 6.74. The Labute approximate surface area is 134 Å². The molecule has 0 aromatic heterocycles. The summed E-state index contributed by atoms with van der Waals surface area (Å²) in [5, 5.41) is 3.04. The lowest BCUT2D eigenvalue weighted by atomic mass is 10.0. The average Bonchev–Trinajstić information content (AvgIpc) is 2.48. The van der Waals surface area contributed by atoms with E-state index in [9.17, 15) is 4.79 Å². The van der Waals surface area contributed by atoms with Crippen LogP contribution in [0.5, 0.6) is 0 Å². The molecule has 2 rings (SSSR count). The number of nitrogens with one attached hydrogen (secondary N) is 1. The van der Waals surface area contributed by atoms with Crippen LogP contribution in [-0.4, -0.2) is 44.0 Å². The normalized spacial score (nSPS) is 16.9. The molecule has 1 saturated heterocycles. The molecule has 1 aromatic carbocycles. The maximum atomic E-state index is 12.4. The summed E-state index contributed by atoms with van der Waals surface area (Å²) in [4.78, 5) is 16.8. The quantitative estimate of drug-likeness (QED) is 0.907. The monoisotopic (exact) mass is 303 g/mol. The first-order chi connectivity index (χ1) is 10.5. The van der Waals surface area contributed by atoms with Gasteiger partial charge in [0.2, 0.25) is 5.91 Å². The standard InChI is InChI=1S/C18H29N3O/c1-14(2)17(20(3)4)18(22)19-15-8-10-16(11-9-15)21-12-6-5-7-13-21/h8-11,14,17H,5-7,12-13H2,1-4H3,(H,19,22)/t17-/m0/s1. The highest BCUT2D eigenvalue weighted by molar-refractivity contribution is 5.95. The van der Waals surface area contributed by atoms with Crippen LogP contribution >= 0.6 is 0 Å². The van der Waals surface area contributed by atoms with Crippen LogP contribution in [0, 0.1) is 5.92 Å². The number of hydrogen-bond donors (Lipinski definition) is 1. The Hall–Kier alpha value is -1.55. The molecular weight excluding hydrogens is 274 g/mol. The minimum Gasteiger partial charge on any atom is -0.372 e. The Morgan fingerprint density at radius 1 is 1.09 bits per heavy atom. The van der Waals surface area contributed by atoms with E-state index in [1.807, 2.05) is 31.1 Å². The maximum Gasteiger partial charge on any atom is 0.241 e. The molecule has 0 aliphatic carbocycles. The average molecular weight is 303 g/mol. The summed E-state index contributed by atoms with van der Waals surface area (Å²) in [5.74, 6) is 0.341. The van der Waals surface area contributed by atoms with Crippen molar-refractivity contribution in [2.45, 2.75) is 39.2 Å². The summed E-state index contributed by atoms with van der Waals surface area (Å²) < 4.78 is 0. The molecule has 122 valence electrons. The number of rotatable bonds is 5. The third kappa shape index (κ3) is 4.23. The molecule has 22 heavy (non-hydrogen) atoms. The van der Waals surface area contributed by atoms with Gasteiger partial charge >= 0.3 is 0 Å². The Kier molecular flexibility index (Phi) is 5.83. The zero-order valence-corrected chi connectivity index (χ0v) is 14.3. The number of nitrogens with zero attached hydrogens (tertiary/aromatic N) is 2. The SMILES string of the molecule is CC(C)[C@@H](C(=O)Nc1ccc(N2CCCCC2)cc1)N(C)C. The first-order valence-corrected chi connectivity index (χ1v) is 8.31. The predicted molar refractivity (Wildman–Crippen MR) is 93.4 cm³/mol. The summed E-state index contributed by atoms with van der Waals surface area (Å²) in [7, 11) is 3.90. The van der Waals surface area contributed by atoms with Crippen molar-refractivity contribution in [1.29, 1.82) is 0 Å². The Balaban J connectivity index is 1.99. The van der Waals surface area contributed by atoms with Crippen LogP contribution in [0.3, 0.4) is 0 Å². The van der Waals surface area contributed by atoms with Crippen molar-refractivity contribution < 1.29 is 4.79 Å². The van der Waals surface area contributed by atoms with Gasteiger partial charge in [-0.2, -0.15) is 0 Å². The van der Waals surface area contributed by atoms with Gasteiger partial charge in [0.25, 0.3) is 0 Å². The van der Waals surface area contributed by atoms with E-state index in [2.05, 4.69) is 36.2 Å². The minimum atomic E-state index is -0.109. The highest BCUT2D eigenvalue weighted by Gasteiger charge is 2.24. The van der Waals surface area contributed by atoms with Gasteiger partial charge in [0.05, 0.1) is 6.04 Å². The van der Waals surface area contributed by atoms with Crippen LogP contribution < -0.4 is 10.2 Å². The van der Waals surface area contributed by atoms with Crippen molar-refractivity contribution >= 4 is 17.3 Å². The molecule has 0 saturated carbocycles. The molecule has 0 spiro atoms. The van der Waals surface area contributed by atoms with Gasteiger partial charge in [-0.15, -0.1) is 0 Å². The van der Waals surface area contributed by atoms with Crippen LogP contribution in [0.2, 0.25) is 0 Å². The van der Waals surface area contributed by atoms with Crippen molar-refractivity contribution in [3.63, 3.8) is 0 Å². The Morgan fingerprint density at radius 3 is 2.18 bits per heavy atom. The Morgan fingerprint density at radius 2 is 1.68 bits per heavy atom. The van der Waals surface area contributed by atoms with Gasteiger partial charge in [0.15, 0.2) is 0 Å². The lowest BCUT2D eigenvalue weighted by molar-refractivity contribution is -0.121. The summed E-state index contributed by atoms with van der Waals surface area (Å²) in [6.07, 6.45) is 3.89. The van der Waals surface area contributed by atoms with E-state index in [1.54, 1.807) is 0 Å². The molecule has 4 heteroatoms. The Bertz CT molecular complexity index is 468. The van der Waals surface area contributed by atoms with E-state index in [0.29, 0.717) is 0 Å². The van der Waals surface area contributed by atoms with E-state index < -0.39 is 0 Å². The van der Waals surface area contributed by atoms with Crippen LogP contribution in [-0.2, 0) is 4.79 Å². The largest absolute Gasteiger partial charge is 0.372 e. The summed E-state index contributed by atoms with van der Waals surface area (Å²) in [5.41, 5.74) is 2.13. The third-order valence-electron chi connectivity index (χ3n) is 4.31. The van der Waals surface area contributed by atoms with Gasteiger partial charge in [-0.3, -0.25) is 9.69 Å². The van der Waals surface area contributed by atoms with E-state index in [0.717, 1.165) is 18.8 Å². The summed E-state index contributed by atoms with van der Waals surface area (Å²) in [6, 6.07) is 8.13. The van der Waals surface area contributed by atoms with Crippen LogP contribution in [0.1, 0.15) is 33.1 Å². The molecule has 1 aliphatic rings. The smallest absolute Gasteiger partial charge is 0.241 e. The van der Waals surface area contributed by atoms with Crippen molar-refractivity contribution in [1.82, 2.24) is 4.90 Å². The highest BCUT2D eigenvalue weighted by Crippen LogP contribution is 2.22. The number of amides is 1. The molecule has 1 aromatic rings. The lowest BCUT2D eigenvalue weighted by Gasteiger charge is -2.29. The molecule has 4 nitrogen and oxygen atoms in total. The van der Waals surface area contributed by atoms with Crippen LogP contribution in [0.15, 0.2) is 24.3 Å². The van der Waals surface area contributed by atoms with Gasteiger partial charge in [-0.25, -0.2) is 0 Å². The van der Waals surface area contributed by atoms with Crippen LogP contribution in [0.25, 0.3) is 0 Å². The topological polar surface area (TPSA) is 35.6 Å². The number of carbonyl (C=O) groups is 1. The lowest BCUT2D eigenvalue weighted by Crippen LogP contribution is -2.43. The summed E-state index contributed by atoms with van der Waals surface area (Å²) >= 11 is 0. The third-order valence-corrected chi connectivity index (χ3v) is 4.31.